The van der Waals surface area contributed by atoms with Crippen molar-refractivity contribution in [1.29, 1.82) is 0 Å². The normalized spacial score (nSPS) is 25.8. The van der Waals surface area contributed by atoms with Crippen LogP contribution in [0, 0.1) is 11.8 Å². The van der Waals surface area contributed by atoms with Gasteiger partial charge >= 0.3 is 0 Å². The predicted octanol–water partition coefficient (Wildman–Crippen LogP) is 2.93. The van der Waals surface area contributed by atoms with Crippen LogP contribution in [0.5, 0.6) is 0 Å². The lowest BCUT2D eigenvalue weighted by Gasteiger charge is -2.32. The first-order chi connectivity index (χ1) is 13.7. The Balaban J connectivity index is 1.48. The Bertz CT molecular complexity index is 589. The molecule has 5 heteroatoms. The molecule has 1 aromatic carbocycles. The molecular weight excluding hydrogens is 352 g/mol. The highest BCUT2D eigenvalue weighted by Gasteiger charge is 2.30. The molecule has 1 saturated carbocycles. The van der Waals surface area contributed by atoms with Gasteiger partial charge in [-0.1, -0.05) is 75.3 Å². The Morgan fingerprint density at radius 2 is 1.79 bits per heavy atom. The van der Waals surface area contributed by atoms with Crippen molar-refractivity contribution in [3.8, 4) is 0 Å². The molecule has 1 aliphatic heterocycles. The SMILES string of the molecule is O=C(N[C@H](CO)[C@@H](O)c1ccccc1)[C@H]1C[C@@H](CCC2CCCCC2)CCN1. The number of hydrogen-bond acceptors (Lipinski definition) is 4. The third-order valence-electron chi connectivity index (χ3n) is 6.58. The van der Waals surface area contributed by atoms with Gasteiger partial charge in [0.15, 0.2) is 0 Å². The topological polar surface area (TPSA) is 81.6 Å². The van der Waals surface area contributed by atoms with Gasteiger partial charge in [0.1, 0.15) is 6.10 Å². The molecule has 4 atom stereocenters. The van der Waals surface area contributed by atoms with E-state index in [1.54, 1.807) is 12.1 Å². The van der Waals surface area contributed by atoms with Crippen molar-refractivity contribution in [2.45, 2.75) is 76.0 Å². The molecular formula is C23H36N2O3. The Kier molecular flexibility index (Phi) is 8.31. The number of nitrogens with one attached hydrogen (secondary N) is 2. The van der Waals surface area contributed by atoms with Gasteiger partial charge in [-0.15, -0.1) is 0 Å². The second-order valence-electron chi connectivity index (χ2n) is 8.63. The fourth-order valence-corrected chi connectivity index (χ4v) is 4.80. The summed E-state index contributed by atoms with van der Waals surface area (Å²) in [7, 11) is 0. The maximum atomic E-state index is 12.8. The molecule has 0 unspecified atom stereocenters. The van der Waals surface area contributed by atoms with Gasteiger partial charge in [0.25, 0.3) is 0 Å². The molecule has 3 rings (SSSR count). The summed E-state index contributed by atoms with van der Waals surface area (Å²) < 4.78 is 0. The van der Waals surface area contributed by atoms with Crippen LogP contribution in [0.3, 0.4) is 0 Å². The van der Waals surface area contributed by atoms with Gasteiger partial charge in [0.05, 0.1) is 18.7 Å². The van der Waals surface area contributed by atoms with Gasteiger partial charge in [0.2, 0.25) is 5.91 Å². The van der Waals surface area contributed by atoms with Crippen molar-refractivity contribution in [3.05, 3.63) is 35.9 Å². The zero-order valence-corrected chi connectivity index (χ0v) is 16.9. The third kappa shape index (κ3) is 6.03. The molecule has 1 aromatic rings. The van der Waals surface area contributed by atoms with E-state index in [2.05, 4.69) is 10.6 Å². The van der Waals surface area contributed by atoms with E-state index in [9.17, 15) is 15.0 Å². The first-order valence-electron chi connectivity index (χ1n) is 11.0. The van der Waals surface area contributed by atoms with E-state index >= 15 is 0 Å². The molecule has 2 aliphatic rings. The van der Waals surface area contributed by atoms with E-state index < -0.39 is 12.1 Å². The highest BCUT2D eigenvalue weighted by molar-refractivity contribution is 5.82. The average Bonchev–Trinajstić information content (AvgIpc) is 2.77. The maximum absolute atomic E-state index is 12.8. The number of carbonyl (C=O) groups excluding carboxylic acids is 1. The first-order valence-corrected chi connectivity index (χ1v) is 11.0. The number of piperidine rings is 1. The summed E-state index contributed by atoms with van der Waals surface area (Å²) in [6.45, 7) is 0.568. The number of carbonyl (C=O) groups is 1. The molecule has 0 spiro atoms. The monoisotopic (exact) mass is 388 g/mol. The van der Waals surface area contributed by atoms with Crippen LogP contribution in [0.1, 0.15) is 69.5 Å². The minimum absolute atomic E-state index is 0.114. The smallest absolute Gasteiger partial charge is 0.237 e. The Morgan fingerprint density at radius 3 is 2.50 bits per heavy atom. The molecule has 4 N–H and O–H groups in total. The lowest BCUT2D eigenvalue weighted by atomic mass is 9.81. The zero-order valence-electron chi connectivity index (χ0n) is 16.9. The molecule has 1 saturated heterocycles. The molecule has 0 bridgehead atoms. The van der Waals surface area contributed by atoms with Crippen LogP contribution in [-0.2, 0) is 4.79 Å². The number of benzene rings is 1. The third-order valence-corrected chi connectivity index (χ3v) is 6.58. The van der Waals surface area contributed by atoms with Crippen molar-refractivity contribution in [1.82, 2.24) is 10.6 Å². The maximum Gasteiger partial charge on any atom is 0.237 e. The minimum atomic E-state index is -0.916. The Morgan fingerprint density at radius 1 is 1.07 bits per heavy atom. The summed E-state index contributed by atoms with van der Waals surface area (Å²) in [5, 5.41) is 26.4. The summed E-state index contributed by atoms with van der Waals surface area (Å²) in [5.41, 5.74) is 0.698. The Hall–Kier alpha value is -1.43. The van der Waals surface area contributed by atoms with Crippen molar-refractivity contribution < 1.29 is 15.0 Å². The van der Waals surface area contributed by atoms with E-state index in [0.717, 1.165) is 25.3 Å². The first kappa shape index (κ1) is 21.3. The van der Waals surface area contributed by atoms with E-state index in [4.69, 9.17) is 0 Å². The predicted molar refractivity (Wildman–Crippen MR) is 111 cm³/mol. The number of amides is 1. The van der Waals surface area contributed by atoms with Crippen molar-refractivity contribution >= 4 is 5.91 Å². The molecule has 0 radical (unpaired) electrons. The minimum Gasteiger partial charge on any atom is -0.394 e. The van der Waals surface area contributed by atoms with Crippen LogP contribution in [0.15, 0.2) is 30.3 Å². The summed E-state index contributed by atoms with van der Waals surface area (Å²) in [5.74, 6) is 1.36. The Labute approximate surface area is 168 Å². The molecule has 1 heterocycles. The summed E-state index contributed by atoms with van der Waals surface area (Å²) in [4.78, 5) is 12.8. The van der Waals surface area contributed by atoms with Gasteiger partial charge in [-0.25, -0.2) is 0 Å². The lowest BCUT2D eigenvalue weighted by Crippen LogP contribution is -2.53. The number of rotatable bonds is 8. The standard InChI is InChI=1S/C23H36N2O3/c26-16-21(22(27)19-9-5-2-6-10-19)25-23(28)20-15-18(13-14-24-20)12-11-17-7-3-1-4-8-17/h2,5-6,9-10,17-18,20-22,24,26-27H,1,3-4,7-8,11-16H2,(H,25,28)/t18-,20+,21+,22-/m0/s1. The van der Waals surface area contributed by atoms with Crippen LogP contribution >= 0.6 is 0 Å². The molecule has 156 valence electrons. The van der Waals surface area contributed by atoms with Crippen LogP contribution in [0.4, 0.5) is 0 Å². The molecule has 1 amide bonds. The van der Waals surface area contributed by atoms with Gasteiger partial charge in [-0.3, -0.25) is 4.79 Å². The number of aliphatic hydroxyl groups is 2. The van der Waals surface area contributed by atoms with E-state index in [0.29, 0.717) is 11.5 Å². The second-order valence-corrected chi connectivity index (χ2v) is 8.63. The second kappa shape index (κ2) is 10.9. The molecule has 2 fully saturated rings. The van der Waals surface area contributed by atoms with Crippen LogP contribution in [-0.4, -0.2) is 41.4 Å². The fourth-order valence-electron chi connectivity index (χ4n) is 4.80. The van der Waals surface area contributed by atoms with Crippen molar-refractivity contribution in [2.75, 3.05) is 13.2 Å². The van der Waals surface area contributed by atoms with Gasteiger partial charge in [-0.2, -0.15) is 0 Å². The molecule has 5 nitrogen and oxygen atoms in total. The number of aliphatic hydroxyl groups excluding tert-OH is 2. The summed E-state index contributed by atoms with van der Waals surface area (Å²) >= 11 is 0. The molecule has 28 heavy (non-hydrogen) atoms. The van der Waals surface area contributed by atoms with Crippen molar-refractivity contribution in [3.63, 3.8) is 0 Å². The van der Waals surface area contributed by atoms with Crippen LogP contribution in [0.25, 0.3) is 0 Å². The van der Waals surface area contributed by atoms with Gasteiger partial charge in [-0.05, 0) is 36.8 Å². The van der Waals surface area contributed by atoms with E-state index in [1.165, 1.54) is 44.9 Å². The molecule has 1 aliphatic carbocycles. The lowest BCUT2D eigenvalue weighted by molar-refractivity contribution is -0.126. The van der Waals surface area contributed by atoms with Crippen molar-refractivity contribution in [2.24, 2.45) is 11.8 Å². The largest absolute Gasteiger partial charge is 0.394 e. The van der Waals surface area contributed by atoms with Crippen LogP contribution < -0.4 is 10.6 Å². The highest BCUT2D eigenvalue weighted by atomic mass is 16.3. The summed E-state index contributed by atoms with van der Waals surface area (Å²) in [6, 6.07) is 8.24. The number of hydrogen-bond donors (Lipinski definition) is 4. The quantitative estimate of drug-likeness (QED) is 0.552. The molecule has 0 aromatic heterocycles. The van der Waals surface area contributed by atoms with Crippen LogP contribution in [0.2, 0.25) is 0 Å². The zero-order chi connectivity index (χ0) is 19.8. The summed E-state index contributed by atoms with van der Waals surface area (Å²) in [6.07, 6.45) is 10.5. The fraction of sp³-hybridized carbons (Fsp3) is 0.696. The van der Waals surface area contributed by atoms with E-state index in [-0.39, 0.29) is 18.6 Å². The highest BCUT2D eigenvalue weighted by Crippen LogP contribution is 2.31. The van der Waals surface area contributed by atoms with Gasteiger partial charge < -0.3 is 20.8 Å². The van der Waals surface area contributed by atoms with Gasteiger partial charge in [0, 0.05) is 0 Å². The van der Waals surface area contributed by atoms with E-state index in [1.807, 2.05) is 18.2 Å². The average molecular weight is 389 g/mol.